The molecule has 0 saturated heterocycles. The fourth-order valence-electron chi connectivity index (χ4n) is 1.94. The van der Waals surface area contributed by atoms with Crippen molar-refractivity contribution in [3.05, 3.63) is 48.5 Å². The molecule has 0 fully saturated rings. The largest absolute Gasteiger partial charge is 0.497 e. The minimum Gasteiger partial charge on any atom is -0.497 e. The number of rotatable bonds is 7. The van der Waals surface area contributed by atoms with Crippen molar-refractivity contribution in [1.29, 1.82) is 0 Å². The Hall–Kier alpha value is -2.10. The van der Waals surface area contributed by atoms with Gasteiger partial charge in [0.05, 0.1) is 20.0 Å². The van der Waals surface area contributed by atoms with E-state index in [0.717, 1.165) is 18.6 Å². The Balaban J connectivity index is 1.72. The first-order valence-corrected chi connectivity index (χ1v) is 6.38. The number of Topliss-reactive ketones (excluding diaryl/α,β-unsaturated/α-hetero) is 1. The zero-order valence-electron chi connectivity index (χ0n) is 11.1. The molecule has 2 aromatic rings. The highest BCUT2D eigenvalue weighted by Gasteiger charge is 2.03. The summed E-state index contributed by atoms with van der Waals surface area (Å²) in [6, 6.07) is 7.98. The molecule has 0 N–H and O–H groups in total. The number of imidazole rings is 1. The van der Waals surface area contributed by atoms with E-state index in [1.54, 1.807) is 30.4 Å². The summed E-state index contributed by atoms with van der Waals surface area (Å²) in [4.78, 5) is 15.7. The Morgan fingerprint density at radius 1 is 1.32 bits per heavy atom. The first-order chi connectivity index (χ1) is 9.28. The number of methoxy groups -OCH3 is 1. The highest BCUT2D eigenvalue weighted by Crippen LogP contribution is 2.13. The number of ketones is 1. The summed E-state index contributed by atoms with van der Waals surface area (Å²) in [5.74, 6) is 1.10. The second-order valence-electron chi connectivity index (χ2n) is 4.48. The monoisotopic (exact) mass is 258 g/mol. The van der Waals surface area contributed by atoms with Crippen LogP contribution in [0.3, 0.4) is 0 Å². The molecular formula is C15H18N2O2. The standard InChI is InChI=1S/C15H18N2O2/c1-19-15-7-5-13(6-8-15)3-2-4-14(18)11-17-10-9-16-12-17/h5-10,12H,2-4,11H2,1H3. The maximum Gasteiger partial charge on any atom is 0.152 e. The number of ether oxygens (including phenoxy) is 1. The molecule has 4 heteroatoms. The summed E-state index contributed by atoms with van der Waals surface area (Å²) < 4.78 is 6.91. The number of aromatic nitrogens is 2. The summed E-state index contributed by atoms with van der Waals surface area (Å²) >= 11 is 0. The van der Waals surface area contributed by atoms with Crippen molar-refractivity contribution in [2.45, 2.75) is 25.8 Å². The SMILES string of the molecule is COc1ccc(CCCC(=O)Cn2ccnc2)cc1. The molecular weight excluding hydrogens is 240 g/mol. The van der Waals surface area contributed by atoms with Gasteiger partial charge in [-0.15, -0.1) is 0 Å². The molecule has 0 saturated carbocycles. The maximum absolute atomic E-state index is 11.7. The van der Waals surface area contributed by atoms with E-state index >= 15 is 0 Å². The van der Waals surface area contributed by atoms with Crippen LogP contribution in [0.2, 0.25) is 0 Å². The first-order valence-electron chi connectivity index (χ1n) is 6.38. The van der Waals surface area contributed by atoms with Gasteiger partial charge in [-0.1, -0.05) is 12.1 Å². The van der Waals surface area contributed by atoms with Crippen LogP contribution in [-0.2, 0) is 17.8 Å². The third-order valence-electron chi connectivity index (χ3n) is 3.00. The molecule has 1 aromatic carbocycles. The van der Waals surface area contributed by atoms with Gasteiger partial charge < -0.3 is 9.30 Å². The molecule has 100 valence electrons. The molecule has 4 nitrogen and oxygen atoms in total. The Morgan fingerprint density at radius 2 is 2.11 bits per heavy atom. The summed E-state index contributed by atoms with van der Waals surface area (Å²) in [6.07, 6.45) is 7.55. The number of benzene rings is 1. The number of aryl methyl sites for hydroxylation is 1. The van der Waals surface area contributed by atoms with Crippen LogP contribution in [0.1, 0.15) is 18.4 Å². The van der Waals surface area contributed by atoms with Gasteiger partial charge in [-0.25, -0.2) is 4.98 Å². The maximum atomic E-state index is 11.7. The quantitative estimate of drug-likeness (QED) is 0.766. The number of hydrogen-bond donors (Lipinski definition) is 0. The highest BCUT2D eigenvalue weighted by atomic mass is 16.5. The number of nitrogens with zero attached hydrogens (tertiary/aromatic N) is 2. The minimum absolute atomic E-state index is 0.242. The zero-order chi connectivity index (χ0) is 13.5. The fourth-order valence-corrected chi connectivity index (χ4v) is 1.94. The summed E-state index contributed by atoms with van der Waals surface area (Å²) in [7, 11) is 1.66. The van der Waals surface area contributed by atoms with Gasteiger partial charge in [0.1, 0.15) is 5.75 Å². The highest BCUT2D eigenvalue weighted by molar-refractivity contribution is 5.78. The molecule has 0 bridgehead atoms. The lowest BCUT2D eigenvalue weighted by molar-refractivity contribution is -0.119. The topological polar surface area (TPSA) is 44.1 Å². The van der Waals surface area contributed by atoms with Crippen LogP contribution in [-0.4, -0.2) is 22.4 Å². The molecule has 19 heavy (non-hydrogen) atoms. The van der Waals surface area contributed by atoms with Gasteiger partial charge in [0.15, 0.2) is 5.78 Å². The summed E-state index contributed by atoms with van der Waals surface area (Å²) in [6.45, 7) is 0.419. The van der Waals surface area contributed by atoms with Gasteiger partial charge in [0, 0.05) is 18.8 Å². The molecule has 0 aliphatic carbocycles. The molecule has 0 amide bonds. The van der Waals surface area contributed by atoms with Crippen molar-refractivity contribution in [2.24, 2.45) is 0 Å². The average molecular weight is 258 g/mol. The van der Waals surface area contributed by atoms with Crippen molar-refractivity contribution in [2.75, 3.05) is 7.11 Å². The lowest BCUT2D eigenvalue weighted by Crippen LogP contribution is -2.08. The van der Waals surface area contributed by atoms with Crippen molar-refractivity contribution < 1.29 is 9.53 Å². The molecule has 1 aromatic heterocycles. The lowest BCUT2D eigenvalue weighted by atomic mass is 10.1. The Morgan fingerprint density at radius 3 is 2.74 bits per heavy atom. The Kier molecular flexibility index (Phi) is 4.72. The van der Waals surface area contributed by atoms with Crippen LogP contribution < -0.4 is 4.74 Å². The Bertz CT molecular complexity index is 503. The summed E-state index contributed by atoms with van der Waals surface area (Å²) in [5.41, 5.74) is 1.23. The van der Waals surface area contributed by atoms with Crippen LogP contribution in [0.25, 0.3) is 0 Å². The number of carbonyl (C=O) groups is 1. The van der Waals surface area contributed by atoms with Gasteiger partial charge in [-0.05, 0) is 30.5 Å². The molecule has 1 heterocycles. The van der Waals surface area contributed by atoms with E-state index in [1.807, 2.05) is 24.3 Å². The predicted octanol–water partition coefficient (Wildman–Crippen LogP) is 2.48. The number of hydrogen-bond acceptors (Lipinski definition) is 3. The lowest BCUT2D eigenvalue weighted by Gasteiger charge is -2.04. The minimum atomic E-state index is 0.242. The molecule has 0 aliphatic rings. The van der Waals surface area contributed by atoms with Crippen molar-refractivity contribution in [3.63, 3.8) is 0 Å². The van der Waals surface area contributed by atoms with E-state index in [1.165, 1.54) is 5.56 Å². The summed E-state index contributed by atoms with van der Waals surface area (Å²) in [5, 5.41) is 0. The second kappa shape index (κ2) is 6.73. The van der Waals surface area contributed by atoms with E-state index in [0.29, 0.717) is 13.0 Å². The fraction of sp³-hybridized carbons (Fsp3) is 0.333. The van der Waals surface area contributed by atoms with E-state index in [-0.39, 0.29) is 5.78 Å². The van der Waals surface area contributed by atoms with Crippen LogP contribution in [0, 0.1) is 0 Å². The second-order valence-corrected chi connectivity index (χ2v) is 4.48. The van der Waals surface area contributed by atoms with Crippen LogP contribution in [0.4, 0.5) is 0 Å². The van der Waals surface area contributed by atoms with E-state index < -0.39 is 0 Å². The average Bonchev–Trinajstić information content (AvgIpc) is 2.92. The van der Waals surface area contributed by atoms with E-state index in [2.05, 4.69) is 4.98 Å². The smallest absolute Gasteiger partial charge is 0.152 e. The van der Waals surface area contributed by atoms with Gasteiger partial charge in [-0.2, -0.15) is 0 Å². The van der Waals surface area contributed by atoms with Gasteiger partial charge in [0.2, 0.25) is 0 Å². The van der Waals surface area contributed by atoms with Crippen molar-refractivity contribution >= 4 is 5.78 Å². The first kappa shape index (κ1) is 13.3. The Labute approximate surface area is 113 Å². The third-order valence-corrected chi connectivity index (χ3v) is 3.00. The molecule has 0 radical (unpaired) electrons. The van der Waals surface area contributed by atoms with Crippen LogP contribution >= 0.6 is 0 Å². The van der Waals surface area contributed by atoms with E-state index in [9.17, 15) is 4.79 Å². The predicted molar refractivity (Wildman–Crippen MR) is 73.2 cm³/mol. The van der Waals surface area contributed by atoms with Gasteiger partial charge in [0.25, 0.3) is 0 Å². The number of carbonyl (C=O) groups excluding carboxylic acids is 1. The van der Waals surface area contributed by atoms with Crippen molar-refractivity contribution in [1.82, 2.24) is 9.55 Å². The molecule has 2 rings (SSSR count). The molecule has 0 spiro atoms. The molecule has 0 unspecified atom stereocenters. The van der Waals surface area contributed by atoms with Gasteiger partial charge >= 0.3 is 0 Å². The molecule has 0 atom stereocenters. The van der Waals surface area contributed by atoms with Crippen LogP contribution in [0.15, 0.2) is 43.0 Å². The zero-order valence-corrected chi connectivity index (χ0v) is 11.1. The van der Waals surface area contributed by atoms with E-state index in [4.69, 9.17) is 4.74 Å². The normalized spacial score (nSPS) is 10.4. The van der Waals surface area contributed by atoms with Gasteiger partial charge in [-0.3, -0.25) is 4.79 Å². The molecule has 0 aliphatic heterocycles. The van der Waals surface area contributed by atoms with Crippen molar-refractivity contribution in [3.8, 4) is 5.75 Å². The third kappa shape index (κ3) is 4.25. The van der Waals surface area contributed by atoms with Crippen LogP contribution in [0.5, 0.6) is 5.75 Å².